The third-order valence-corrected chi connectivity index (χ3v) is 3.69. The Morgan fingerprint density at radius 2 is 1.88 bits per heavy atom. The van der Waals surface area contributed by atoms with Crippen LogP contribution < -0.4 is 0 Å². The number of hydrogen-bond donors (Lipinski definition) is 0. The van der Waals surface area contributed by atoms with Gasteiger partial charge in [0.1, 0.15) is 5.82 Å². The van der Waals surface area contributed by atoms with E-state index in [1.165, 1.54) is 15.6 Å². The number of hydrogen-bond acceptors (Lipinski definition) is 3. The number of aryl methyl sites for hydroxylation is 2. The number of aromatic nitrogens is 2. The van der Waals surface area contributed by atoms with E-state index in [2.05, 4.69) is 39.6 Å². The first-order valence-corrected chi connectivity index (χ1v) is 6.41. The predicted octanol–water partition coefficient (Wildman–Crippen LogP) is 3.98. The molecule has 3 aromatic rings. The summed E-state index contributed by atoms with van der Waals surface area (Å²) in [5.74, 6) is 0.829. The quantitative estimate of drug-likeness (QED) is 0.643. The maximum absolute atomic E-state index is 4.52. The summed E-state index contributed by atoms with van der Waals surface area (Å²) in [5, 5.41) is 3.45. The molecule has 0 N–H and O–H groups in total. The van der Waals surface area contributed by atoms with Crippen molar-refractivity contribution in [1.29, 1.82) is 0 Å². The molecule has 0 amide bonds. The van der Waals surface area contributed by atoms with Crippen LogP contribution in [0, 0.1) is 13.8 Å². The first-order valence-electron chi connectivity index (χ1n) is 5.53. The Kier molecular flexibility index (Phi) is 2.41. The lowest BCUT2D eigenvalue weighted by molar-refractivity contribution is 1.02. The molecule has 0 aliphatic carbocycles. The predicted molar refractivity (Wildman–Crippen MR) is 72.3 cm³/mol. The van der Waals surface area contributed by atoms with Crippen LogP contribution in [0.4, 0.5) is 0 Å². The Bertz CT molecular complexity index is 665. The lowest BCUT2D eigenvalue weighted by Crippen LogP contribution is -1.93. The SMILES string of the molecule is Cc1cc(-c2csc3ccccc23)nc(C)n1. The third-order valence-electron chi connectivity index (χ3n) is 2.72. The molecule has 3 heteroatoms. The summed E-state index contributed by atoms with van der Waals surface area (Å²) >= 11 is 1.76. The van der Waals surface area contributed by atoms with E-state index in [1.807, 2.05) is 19.9 Å². The zero-order chi connectivity index (χ0) is 11.8. The molecule has 1 aromatic carbocycles. The van der Waals surface area contributed by atoms with Gasteiger partial charge in [0.15, 0.2) is 0 Å². The molecule has 0 aliphatic heterocycles. The molecule has 0 atom stereocenters. The van der Waals surface area contributed by atoms with E-state index in [9.17, 15) is 0 Å². The average molecular weight is 240 g/mol. The van der Waals surface area contributed by atoms with Crippen molar-refractivity contribution in [2.24, 2.45) is 0 Å². The van der Waals surface area contributed by atoms with E-state index in [0.717, 1.165) is 17.2 Å². The number of nitrogens with zero attached hydrogens (tertiary/aromatic N) is 2. The zero-order valence-corrected chi connectivity index (χ0v) is 10.6. The van der Waals surface area contributed by atoms with Gasteiger partial charge in [-0.15, -0.1) is 11.3 Å². The molecule has 2 aromatic heterocycles. The Hall–Kier alpha value is -1.74. The van der Waals surface area contributed by atoms with E-state index in [4.69, 9.17) is 0 Å². The summed E-state index contributed by atoms with van der Waals surface area (Å²) < 4.78 is 1.30. The fourth-order valence-corrected chi connectivity index (χ4v) is 2.99. The van der Waals surface area contributed by atoms with Gasteiger partial charge >= 0.3 is 0 Å². The highest BCUT2D eigenvalue weighted by Gasteiger charge is 2.08. The van der Waals surface area contributed by atoms with E-state index >= 15 is 0 Å². The summed E-state index contributed by atoms with van der Waals surface area (Å²) in [6.07, 6.45) is 0. The standard InChI is InChI=1S/C14H12N2S/c1-9-7-13(16-10(2)15-9)12-8-17-14-6-4-3-5-11(12)14/h3-8H,1-2H3. The summed E-state index contributed by atoms with van der Waals surface area (Å²) in [4.78, 5) is 8.84. The van der Waals surface area contributed by atoms with Crippen molar-refractivity contribution in [3.8, 4) is 11.3 Å². The van der Waals surface area contributed by atoms with Crippen LogP contribution in [-0.4, -0.2) is 9.97 Å². The molecule has 0 fully saturated rings. The van der Waals surface area contributed by atoms with Gasteiger partial charge in [-0.1, -0.05) is 18.2 Å². The molecule has 0 saturated carbocycles. The summed E-state index contributed by atoms with van der Waals surface area (Å²) in [6.45, 7) is 3.94. The van der Waals surface area contributed by atoms with Crippen LogP contribution in [0.1, 0.15) is 11.5 Å². The highest BCUT2D eigenvalue weighted by atomic mass is 32.1. The second kappa shape index (κ2) is 3.93. The van der Waals surface area contributed by atoms with E-state index in [1.54, 1.807) is 11.3 Å². The minimum Gasteiger partial charge on any atom is -0.239 e. The maximum Gasteiger partial charge on any atom is 0.126 e. The van der Waals surface area contributed by atoms with Crippen LogP contribution in [0.15, 0.2) is 35.7 Å². The van der Waals surface area contributed by atoms with E-state index in [-0.39, 0.29) is 0 Å². The molecule has 3 rings (SSSR count). The van der Waals surface area contributed by atoms with Crippen molar-refractivity contribution < 1.29 is 0 Å². The molecule has 2 heterocycles. The Balaban J connectivity index is 2.27. The summed E-state index contributed by atoms with van der Waals surface area (Å²) in [6, 6.07) is 10.5. The zero-order valence-electron chi connectivity index (χ0n) is 9.77. The van der Waals surface area contributed by atoms with Gasteiger partial charge in [0.2, 0.25) is 0 Å². The minimum absolute atomic E-state index is 0.829. The van der Waals surface area contributed by atoms with Crippen molar-refractivity contribution >= 4 is 21.4 Å². The lowest BCUT2D eigenvalue weighted by Gasteiger charge is -2.02. The lowest BCUT2D eigenvalue weighted by atomic mass is 10.1. The van der Waals surface area contributed by atoms with Crippen LogP contribution >= 0.6 is 11.3 Å². The van der Waals surface area contributed by atoms with Crippen molar-refractivity contribution in [3.63, 3.8) is 0 Å². The largest absolute Gasteiger partial charge is 0.239 e. The van der Waals surface area contributed by atoms with Gasteiger partial charge in [-0.05, 0) is 26.0 Å². The Morgan fingerprint density at radius 3 is 2.71 bits per heavy atom. The smallest absolute Gasteiger partial charge is 0.126 e. The van der Waals surface area contributed by atoms with Crippen molar-refractivity contribution in [2.75, 3.05) is 0 Å². The minimum atomic E-state index is 0.829. The fraction of sp³-hybridized carbons (Fsp3) is 0.143. The summed E-state index contributed by atoms with van der Waals surface area (Å²) in [7, 11) is 0. The van der Waals surface area contributed by atoms with Crippen molar-refractivity contribution in [3.05, 3.63) is 47.2 Å². The van der Waals surface area contributed by atoms with Gasteiger partial charge in [0.25, 0.3) is 0 Å². The monoisotopic (exact) mass is 240 g/mol. The number of rotatable bonds is 1. The van der Waals surface area contributed by atoms with Gasteiger partial charge in [-0.25, -0.2) is 9.97 Å². The molecule has 2 nitrogen and oxygen atoms in total. The van der Waals surface area contributed by atoms with Crippen LogP contribution in [0.25, 0.3) is 21.3 Å². The van der Waals surface area contributed by atoms with Gasteiger partial charge in [0.05, 0.1) is 5.69 Å². The van der Waals surface area contributed by atoms with Crippen LogP contribution in [0.3, 0.4) is 0 Å². The van der Waals surface area contributed by atoms with Gasteiger partial charge in [-0.2, -0.15) is 0 Å². The first-order chi connectivity index (χ1) is 8.24. The van der Waals surface area contributed by atoms with Crippen LogP contribution in [-0.2, 0) is 0 Å². The fourth-order valence-electron chi connectivity index (χ4n) is 2.03. The number of thiophene rings is 1. The summed E-state index contributed by atoms with van der Waals surface area (Å²) in [5.41, 5.74) is 3.24. The average Bonchev–Trinajstić information content (AvgIpc) is 2.71. The van der Waals surface area contributed by atoms with Crippen LogP contribution in [0.2, 0.25) is 0 Å². The molecule has 0 bridgehead atoms. The van der Waals surface area contributed by atoms with E-state index < -0.39 is 0 Å². The highest BCUT2D eigenvalue weighted by molar-refractivity contribution is 7.17. The molecule has 84 valence electrons. The second-order valence-corrected chi connectivity index (χ2v) is 5.00. The van der Waals surface area contributed by atoms with Gasteiger partial charge in [0, 0.05) is 26.7 Å². The number of benzene rings is 1. The topological polar surface area (TPSA) is 25.8 Å². The third kappa shape index (κ3) is 1.83. The first kappa shape index (κ1) is 10.4. The number of fused-ring (bicyclic) bond motifs is 1. The molecule has 0 radical (unpaired) electrons. The highest BCUT2D eigenvalue weighted by Crippen LogP contribution is 2.32. The maximum atomic E-state index is 4.52. The van der Waals surface area contributed by atoms with Crippen molar-refractivity contribution in [2.45, 2.75) is 13.8 Å². The van der Waals surface area contributed by atoms with Crippen molar-refractivity contribution in [1.82, 2.24) is 9.97 Å². The molecule has 0 spiro atoms. The second-order valence-electron chi connectivity index (χ2n) is 4.09. The molecule has 0 saturated heterocycles. The molecular weight excluding hydrogens is 228 g/mol. The Labute approximate surface area is 104 Å². The van der Waals surface area contributed by atoms with E-state index in [0.29, 0.717) is 0 Å². The molecule has 0 aliphatic rings. The van der Waals surface area contributed by atoms with Crippen LogP contribution in [0.5, 0.6) is 0 Å². The van der Waals surface area contributed by atoms with Gasteiger partial charge < -0.3 is 0 Å². The molecule has 17 heavy (non-hydrogen) atoms. The normalized spacial score (nSPS) is 10.9. The Morgan fingerprint density at radius 1 is 1.06 bits per heavy atom. The molecular formula is C14H12N2S. The van der Waals surface area contributed by atoms with Gasteiger partial charge in [-0.3, -0.25) is 0 Å². The molecule has 0 unspecified atom stereocenters.